The molecule has 1 amide bonds. The van der Waals surface area contributed by atoms with E-state index in [0.717, 1.165) is 29.8 Å². The summed E-state index contributed by atoms with van der Waals surface area (Å²) >= 11 is 0.958. The SMILES string of the molecule is CCc1ccc(NC(=O)CSc2[nH]c(=O)c(C(=O)O)cc2C#N)cc1. The molecule has 2 aromatic rings. The number of aromatic nitrogens is 1. The minimum absolute atomic E-state index is 0.00194. The van der Waals surface area contributed by atoms with Gasteiger partial charge in [-0.1, -0.05) is 30.8 Å². The summed E-state index contributed by atoms with van der Waals surface area (Å²) < 4.78 is 0. The van der Waals surface area contributed by atoms with E-state index in [1.165, 1.54) is 0 Å². The number of H-pyrrole nitrogens is 1. The second-order valence-corrected chi connectivity index (χ2v) is 6.04. The number of thioether (sulfide) groups is 1. The fourth-order valence-corrected chi connectivity index (χ4v) is 2.80. The lowest BCUT2D eigenvalue weighted by Gasteiger charge is -2.07. The quantitative estimate of drug-likeness (QED) is 0.681. The van der Waals surface area contributed by atoms with Crippen LogP contribution in [0.4, 0.5) is 5.69 Å². The predicted octanol–water partition coefficient (Wildman–Crippen LogP) is 2.24. The van der Waals surface area contributed by atoms with Gasteiger partial charge in [0.25, 0.3) is 5.56 Å². The summed E-state index contributed by atoms with van der Waals surface area (Å²) in [5.41, 5.74) is 0.480. The molecule has 3 N–H and O–H groups in total. The Morgan fingerprint density at radius 2 is 2.00 bits per heavy atom. The van der Waals surface area contributed by atoms with Crippen molar-refractivity contribution in [3.63, 3.8) is 0 Å². The summed E-state index contributed by atoms with van der Waals surface area (Å²) in [6.07, 6.45) is 0.903. The van der Waals surface area contributed by atoms with Crippen molar-refractivity contribution in [3.05, 3.63) is 57.4 Å². The number of hydrogen-bond acceptors (Lipinski definition) is 5. The van der Waals surface area contributed by atoms with Crippen LogP contribution in [0.2, 0.25) is 0 Å². The van der Waals surface area contributed by atoms with E-state index in [-0.39, 0.29) is 22.2 Å². The normalized spacial score (nSPS) is 10.1. The predicted molar refractivity (Wildman–Crippen MR) is 93.9 cm³/mol. The fourth-order valence-electron chi connectivity index (χ4n) is 2.03. The minimum Gasteiger partial charge on any atom is -0.477 e. The molecule has 0 saturated heterocycles. The number of nitrogens with one attached hydrogen (secondary N) is 2. The molecular formula is C17H15N3O4S. The maximum absolute atomic E-state index is 12.0. The van der Waals surface area contributed by atoms with Crippen LogP contribution in [0, 0.1) is 11.3 Å². The van der Waals surface area contributed by atoms with Gasteiger partial charge in [0.15, 0.2) is 0 Å². The van der Waals surface area contributed by atoms with Gasteiger partial charge in [0.05, 0.1) is 16.3 Å². The Balaban J connectivity index is 2.06. The van der Waals surface area contributed by atoms with Crippen LogP contribution in [0.3, 0.4) is 0 Å². The lowest BCUT2D eigenvalue weighted by molar-refractivity contribution is -0.113. The molecule has 2 rings (SSSR count). The molecule has 1 heterocycles. The van der Waals surface area contributed by atoms with Gasteiger partial charge < -0.3 is 15.4 Å². The summed E-state index contributed by atoms with van der Waals surface area (Å²) in [6, 6.07) is 10.2. The van der Waals surface area contributed by atoms with Gasteiger partial charge in [-0.2, -0.15) is 5.26 Å². The summed E-state index contributed by atoms with van der Waals surface area (Å²) in [5, 5.41) is 20.9. The number of hydrogen-bond donors (Lipinski definition) is 3. The Hall–Kier alpha value is -3.05. The number of nitriles is 1. The lowest BCUT2D eigenvalue weighted by atomic mass is 10.1. The van der Waals surface area contributed by atoms with Crippen LogP contribution in [0.5, 0.6) is 0 Å². The Morgan fingerprint density at radius 3 is 2.56 bits per heavy atom. The molecule has 0 fully saturated rings. The van der Waals surface area contributed by atoms with Crippen LogP contribution in [0.1, 0.15) is 28.4 Å². The number of carbonyl (C=O) groups is 2. The molecule has 1 aromatic heterocycles. The van der Waals surface area contributed by atoms with Gasteiger partial charge >= 0.3 is 5.97 Å². The Morgan fingerprint density at radius 1 is 1.32 bits per heavy atom. The molecule has 128 valence electrons. The molecule has 0 saturated carbocycles. The molecule has 0 atom stereocenters. The van der Waals surface area contributed by atoms with Crippen LogP contribution < -0.4 is 10.9 Å². The van der Waals surface area contributed by atoms with Crippen molar-refractivity contribution in [3.8, 4) is 6.07 Å². The molecular weight excluding hydrogens is 342 g/mol. The first-order chi connectivity index (χ1) is 11.9. The number of carboxylic acid groups (broad SMARTS) is 1. The average Bonchev–Trinajstić information content (AvgIpc) is 2.60. The highest BCUT2D eigenvalue weighted by Crippen LogP contribution is 2.20. The first-order valence-corrected chi connectivity index (χ1v) is 8.35. The molecule has 0 unspecified atom stereocenters. The van der Waals surface area contributed by atoms with E-state index in [4.69, 9.17) is 10.4 Å². The molecule has 0 aliphatic carbocycles. The largest absolute Gasteiger partial charge is 0.477 e. The lowest BCUT2D eigenvalue weighted by Crippen LogP contribution is -2.19. The number of aromatic carboxylic acids is 1. The van der Waals surface area contributed by atoms with Crippen LogP contribution in [0.15, 0.2) is 40.2 Å². The topological polar surface area (TPSA) is 123 Å². The van der Waals surface area contributed by atoms with E-state index in [2.05, 4.69) is 10.3 Å². The van der Waals surface area contributed by atoms with E-state index in [0.29, 0.717) is 5.69 Å². The number of aromatic amines is 1. The van der Waals surface area contributed by atoms with Gasteiger partial charge in [-0.3, -0.25) is 9.59 Å². The number of rotatable bonds is 6. The molecule has 8 heteroatoms. The fraction of sp³-hybridized carbons (Fsp3) is 0.176. The Labute approximate surface area is 147 Å². The first-order valence-electron chi connectivity index (χ1n) is 7.37. The van der Waals surface area contributed by atoms with Gasteiger partial charge in [-0.05, 0) is 30.2 Å². The summed E-state index contributed by atoms with van der Waals surface area (Å²) in [5.74, 6) is -1.75. The van der Waals surface area contributed by atoms with Gasteiger partial charge in [-0.25, -0.2) is 4.79 Å². The number of carboxylic acids is 1. The van der Waals surface area contributed by atoms with E-state index in [1.807, 2.05) is 25.1 Å². The molecule has 0 bridgehead atoms. The highest BCUT2D eigenvalue weighted by Gasteiger charge is 2.15. The summed E-state index contributed by atoms with van der Waals surface area (Å²) in [6.45, 7) is 2.04. The molecule has 0 aliphatic heterocycles. The van der Waals surface area contributed by atoms with Crippen molar-refractivity contribution in [2.75, 3.05) is 11.1 Å². The monoisotopic (exact) mass is 357 g/mol. The smallest absolute Gasteiger partial charge is 0.341 e. The molecule has 0 spiro atoms. The highest BCUT2D eigenvalue weighted by atomic mass is 32.2. The standard InChI is InChI=1S/C17H15N3O4S/c1-2-10-3-5-12(6-4-10)19-14(21)9-25-16-11(8-18)7-13(17(23)24)15(22)20-16/h3-7H,2,9H2,1H3,(H,19,21)(H,20,22)(H,23,24). The first kappa shape index (κ1) is 18.3. The van der Waals surface area contributed by atoms with E-state index in [9.17, 15) is 14.4 Å². The van der Waals surface area contributed by atoms with Crippen molar-refractivity contribution in [1.29, 1.82) is 5.26 Å². The van der Waals surface area contributed by atoms with E-state index in [1.54, 1.807) is 12.1 Å². The zero-order valence-electron chi connectivity index (χ0n) is 13.3. The van der Waals surface area contributed by atoms with Crippen LogP contribution in [0.25, 0.3) is 0 Å². The Kier molecular flexibility index (Phi) is 5.98. The van der Waals surface area contributed by atoms with E-state index >= 15 is 0 Å². The zero-order valence-corrected chi connectivity index (χ0v) is 14.1. The summed E-state index contributed by atoms with van der Waals surface area (Å²) in [4.78, 5) is 36.9. The van der Waals surface area contributed by atoms with Gasteiger partial charge in [0, 0.05) is 5.69 Å². The number of amides is 1. The van der Waals surface area contributed by atoms with Crippen molar-refractivity contribution in [1.82, 2.24) is 4.98 Å². The van der Waals surface area contributed by atoms with Crippen molar-refractivity contribution in [2.24, 2.45) is 0 Å². The number of anilines is 1. The molecule has 1 aromatic carbocycles. The minimum atomic E-state index is -1.41. The number of pyridine rings is 1. The number of aryl methyl sites for hydroxylation is 1. The second kappa shape index (κ2) is 8.17. The molecule has 7 nitrogen and oxygen atoms in total. The zero-order chi connectivity index (χ0) is 18.4. The average molecular weight is 357 g/mol. The van der Waals surface area contributed by atoms with E-state index < -0.39 is 17.1 Å². The second-order valence-electron chi connectivity index (χ2n) is 5.06. The molecule has 0 radical (unpaired) electrons. The van der Waals surface area contributed by atoms with Crippen molar-refractivity contribution >= 4 is 29.3 Å². The van der Waals surface area contributed by atoms with Gasteiger partial charge in [0.1, 0.15) is 11.6 Å². The summed E-state index contributed by atoms with van der Waals surface area (Å²) in [7, 11) is 0. The van der Waals surface area contributed by atoms with Crippen LogP contribution >= 0.6 is 11.8 Å². The third-order valence-corrected chi connectivity index (χ3v) is 4.37. The Bertz CT molecular complexity index is 898. The van der Waals surface area contributed by atoms with Crippen molar-refractivity contribution < 1.29 is 14.7 Å². The maximum Gasteiger partial charge on any atom is 0.341 e. The third-order valence-electron chi connectivity index (χ3n) is 3.35. The van der Waals surface area contributed by atoms with Crippen LogP contribution in [-0.2, 0) is 11.2 Å². The highest BCUT2D eigenvalue weighted by molar-refractivity contribution is 8.00. The molecule has 0 aliphatic rings. The third kappa shape index (κ3) is 4.71. The van der Waals surface area contributed by atoms with Gasteiger partial charge in [-0.15, -0.1) is 0 Å². The van der Waals surface area contributed by atoms with Crippen molar-refractivity contribution in [2.45, 2.75) is 18.4 Å². The molecule has 25 heavy (non-hydrogen) atoms. The maximum atomic E-state index is 12.0. The van der Waals surface area contributed by atoms with Gasteiger partial charge in [0.2, 0.25) is 5.91 Å². The van der Waals surface area contributed by atoms with Crippen LogP contribution in [-0.4, -0.2) is 27.7 Å². The number of nitrogens with zero attached hydrogens (tertiary/aromatic N) is 1. The number of carbonyl (C=O) groups excluding carboxylic acids is 1. The number of benzene rings is 1.